The quantitative estimate of drug-likeness (QED) is 0.741. The summed E-state index contributed by atoms with van der Waals surface area (Å²) in [4.78, 5) is 19.1. The number of likely N-dealkylation sites (tertiary alicyclic amines) is 1. The van der Waals surface area contributed by atoms with Gasteiger partial charge < -0.3 is 0 Å². The first kappa shape index (κ1) is 10.9. The van der Waals surface area contributed by atoms with Gasteiger partial charge in [0.2, 0.25) is 0 Å². The van der Waals surface area contributed by atoms with Crippen molar-refractivity contribution in [3.63, 3.8) is 0 Å². The molecule has 1 saturated carbocycles. The third-order valence-corrected chi connectivity index (χ3v) is 4.19. The van der Waals surface area contributed by atoms with Crippen LogP contribution in [0.3, 0.4) is 0 Å². The standard InChI is InChI=1S/C14H18N2O/c1-16-10-4-6-12(17)14(7-8-14)13(16)11-5-2-3-9-15-11/h2-3,5,9,13H,4,6-8,10H2,1H3. The first-order valence-corrected chi connectivity index (χ1v) is 6.38. The predicted molar refractivity (Wildman–Crippen MR) is 65.5 cm³/mol. The molecule has 0 radical (unpaired) electrons. The molecule has 1 saturated heterocycles. The fourth-order valence-corrected chi connectivity index (χ4v) is 3.17. The third-order valence-electron chi connectivity index (χ3n) is 4.19. The number of hydrogen-bond donors (Lipinski definition) is 0. The average molecular weight is 230 g/mol. The maximum absolute atomic E-state index is 12.3. The molecule has 1 atom stereocenters. The summed E-state index contributed by atoms with van der Waals surface area (Å²) in [6.45, 7) is 0.995. The van der Waals surface area contributed by atoms with Crippen LogP contribution in [0.2, 0.25) is 0 Å². The van der Waals surface area contributed by atoms with Crippen LogP contribution in [-0.4, -0.2) is 29.3 Å². The Kier molecular flexibility index (Phi) is 2.51. The van der Waals surface area contributed by atoms with Gasteiger partial charge in [-0.25, -0.2) is 0 Å². The van der Waals surface area contributed by atoms with Crippen molar-refractivity contribution in [3.8, 4) is 0 Å². The molecule has 2 heterocycles. The zero-order valence-electron chi connectivity index (χ0n) is 10.2. The molecule has 0 amide bonds. The van der Waals surface area contributed by atoms with E-state index in [0.717, 1.165) is 37.9 Å². The lowest BCUT2D eigenvalue weighted by Crippen LogP contribution is -2.34. The van der Waals surface area contributed by atoms with E-state index in [9.17, 15) is 4.79 Å². The Hall–Kier alpha value is -1.22. The summed E-state index contributed by atoms with van der Waals surface area (Å²) < 4.78 is 0. The molecule has 1 unspecified atom stereocenters. The lowest BCUT2D eigenvalue weighted by Gasteiger charge is -2.31. The van der Waals surface area contributed by atoms with E-state index in [1.165, 1.54) is 0 Å². The van der Waals surface area contributed by atoms with Gasteiger partial charge >= 0.3 is 0 Å². The monoisotopic (exact) mass is 230 g/mol. The van der Waals surface area contributed by atoms with Gasteiger partial charge in [0, 0.05) is 12.6 Å². The van der Waals surface area contributed by atoms with E-state index in [4.69, 9.17) is 0 Å². The smallest absolute Gasteiger partial charge is 0.141 e. The minimum Gasteiger partial charge on any atom is -0.299 e. The zero-order valence-corrected chi connectivity index (χ0v) is 10.2. The van der Waals surface area contributed by atoms with E-state index in [1.54, 1.807) is 0 Å². The number of carbonyl (C=O) groups is 1. The van der Waals surface area contributed by atoms with Crippen molar-refractivity contribution in [1.29, 1.82) is 0 Å². The molecule has 3 heteroatoms. The zero-order chi connectivity index (χ0) is 11.9. The van der Waals surface area contributed by atoms with Crippen LogP contribution in [0.15, 0.2) is 24.4 Å². The summed E-state index contributed by atoms with van der Waals surface area (Å²) in [5.74, 6) is 0.456. The number of carbonyl (C=O) groups excluding carboxylic acids is 1. The number of nitrogens with zero attached hydrogens (tertiary/aromatic N) is 2. The van der Waals surface area contributed by atoms with E-state index < -0.39 is 0 Å². The molecule has 0 bridgehead atoms. The summed E-state index contributed by atoms with van der Waals surface area (Å²) >= 11 is 0. The normalized spacial score (nSPS) is 28.1. The van der Waals surface area contributed by atoms with Gasteiger partial charge in [-0.05, 0) is 45.0 Å². The molecule has 0 aromatic carbocycles. The molecular formula is C14H18N2O. The molecule has 0 N–H and O–H groups in total. The van der Waals surface area contributed by atoms with Gasteiger partial charge in [0.1, 0.15) is 5.78 Å². The Labute approximate surface area is 102 Å². The van der Waals surface area contributed by atoms with E-state index in [1.807, 2.05) is 18.3 Å². The largest absolute Gasteiger partial charge is 0.299 e. The van der Waals surface area contributed by atoms with Gasteiger partial charge in [0.25, 0.3) is 0 Å². The maximum Gasteiger partial charge on any atom is 0.141 e. The highest BCUT2D eigenvalue weighted by molar-refractivity contribution is 5.88. The Bertz CT molecular complexity index is 425. The molecular weight excluding hydrogens is 212 g/mol. The highest BCUT2D eigenvalue weighted by Gasteiger charge is 2.57. The molecule has 3 rings (SSSR count). The highest BCUT2D eigenvalue weighted by Crippen LogP contribution is 2.58. The van der Waals surface area contributed by atoms with Crippen LogP contribution in [0.25, 0.3) is 0 Å². The van der Waals surface area contributed by atoms with Crippen LogP contribution in [0.1, 0.15) is 37.4 Å². The van der Waals surface area contributed by atoms with E-state index in [2.05, 4.69) is 23.0 Å². The number of aromatic nitrogens is 1. The number of Topliss-reactive ketones (excluding diaryl/α,β-unsaturated/α-hetero) is 1. The Morgan fingerprint density at radius 3 is 2.88 bits per heavy atom. The van der Waals surface area contributed by atoms with Crippen LogP contribution >= 0.6 is 0 Å². The summed E-state index contributed by atoms with van der Waals surface area (Å²) in [6, 6.07) is 6.20. The Balaban J connectivity index is 2.02. The molecule has 1 aromatic rings. The first-order chi connectivity index (χ1) is 8.24. The van der Waals surface area contributed by atoms with E-state index >= 15 is 0 Å². The van der Waals surface area contributed by atoms with Crippen molar-refractivity contribution in [1.82, 2.24) is 9.88 Å². The van der Waals surface area contributed by atoms with Crippen molar-refractivity contribution < 1.29 is 4.79 Å². The van der Waals surface area contributed by atoms with E-state index in [-0.39, 0.29) is 11.5 Å². The van der Waals surface area contributed by atoms with Crippen molar-refractivity contribution in [2.24, 2.45) is 5.41 Å². The average Bonchev–Trinajstić information content (AvgIpc) is 3.12. The molecule has 1 aromatic heterocycles. The second kappa shape index (κ2) is 3.91. The lowest BCUT2D eigenvalue weighted by molar-refractivity contribution is -0.125. The molecule has 1 spiro atoms. The third kappa shape index (κ3) is 1.69. The van der Waals surface area contributed by atoms with Gasteiger partial charge in [0.15, 0.2) is 0 Å². The van der Waals surface area contributed by atoms with E-state index in [0.29, 0.717) is 5.78 Å². The van der Waals surface area contributed by atoms with Gasteiger partial charge in [-0.1, -0.05) is 6.07 Å². The number of rotatable bonds is 1. The minimum atomic E-state index is -0.112. The Morgan fingerprint density at radius 2 is 2.24 bits per heavy atom. The second-order valence-corrected chi connectivity index (χ2v) is 5.32. The SMILES string of the molecule is CN1CCCC(=O)C2(CC2)C1c1ccccn1. The van der Waals surface area contributed by atoms with Crippen molar-refractivity contribution >= 4 is 5.78 Å². The molecule has 1 aliphatic carbocycles. The molecule has 17 heavy (non-hydrogen) atoms. The Morgan fingerprint density at radius 1 is 1.41 bits per heavy atom. The maximum atomic E-state index is 12.3. The fraction of sp³-hybridized carbons (Fsp3) is 0.571. The van der Waals surface area contributed by atoms with Crippen molar-refractivity contribution in [2.75, 3.05) is 13.6 Å². The highest BCUT2D eigenvalue weighted by atomic mass is 16.1. The van der Waals surface area contributed by atoms with Crippen LogP contribution in [0.4, 0.5) is 0 Å². The summed E-state index contributed by atoms with van der Waals surface area (Å²) in [7, 11) is 2.12. The molecule has 2 aliphatic rings. The van der Waals surface area contributed by atoms with Gasteiger partial charge in [-0.3, -0.25) is 14.7 Å². The van der Waals surface area contributed by atoms with Crippen LogP contribution in [-0.2, 0) is 4.79 Å². The molecule has 3 nitrogen and oxygen atoms in total. The topological polar surface area (TPSA) is 33.2 Å². The number of hydrogen-bond acceptors (Lipinski definition) is 3. The van der Waals surface area contributed by atoms with Crippen molar-refractivity contribution in [2.45, 2.75) is 31.7 Å². The summed E-state index contributed by atoms with van der Waals surface area (Å²) in [5, 5.41) is 0. The molecule has 2 fully saturated rings. The predicted octanol–water partition coefficient (Wildman–Crippen LogP) is 2.20. The number of pyridine rings is 1. The molecule has 1 aliphatic heterocycles. The van der Waals surface area contributed by atoms with Gasteiger partial charge in [0.05, 0.1) is 17.2 Å². The van der Waals surface area contributed by atoms with Crippen LogP contribution in [0.5, 0.6) is 0 Å². The summed E-state index contributed by atoms with van der Waals surface area (Å²) in [5.41, 5.74) is 0.947. The lowest BCUT2D eigenvalue weighted by atomic mass is 9.87. The fourth-order valence-electron chi connectivity index (χ4n) is 3.17. The van der Waals surface area contributed by atoms with Gasteiger partial charge in [-0.15, -0.1) is 0 Å². The van der Waals surface area contributed by atoms with Crippen molar-refractivity contribution in [3.05, 3.63) is 30.1 Å². The van der Waals surface area contributed by atoms with Gasteiger partial charge in [-0.2, -0.15) is 0 Å². The van der Waals surface area contributed by atoms with Crippen LogP contribution < -0.4 is 0 Å². The molecule has 90 valence electrons. The first-order valence-electron chi connectivity index (χ1n) is 6.38. The minimum absolute atomic E-state index is 0.112. The number of ketones is 1. The van der Waals surface area contributed by atoms with Crippen LogP contribution in [0, 0.1) is 5.41 Å². The second-order valence-electron chi connectivity index (χ2n) is 5.32. The summed E-state index contributed by atoms with van der Waals surface area (Å²) in [6.07, 6.45) is 5.64.